The summed E-state index contributed by atoms with van der Waals surface area (Å²) >= 11 is 6.09. The summed E-state index contributed by atoms with van der Waals surface area (Å²) in [7, 11) is 0. The topological polar surface area (TPSA) is 20.2 Å². The average Bonchev–Trinajstić information content (AvgIpc) is 2.34. The standard InChI is InChI=1S/C15H21ClO/c1-11-7-8-13(10-14(11)16)15(17)9-12-5-3-2-4-6-12/h7-8,10,12,15,17H,2-6,9H2,1H3. The Morgan fingerprint density at radius 3 is 2.65 bits per heavy atom. The first-order valence-electron chi connectivity index (χ1n) is 6.61. The molecule has 0 aliphatic heterocycles. The molecule has 0 heterocycles. The molecular formula is C15H21ClO. The zero-order valence-corrected chi connectivity index (χ0v) is 11.2. The van der Waals surface area contributed by atoms with Crippen molar-refractivity contribution in [2.75, 3.05) is 0 Å². The SMILES string of the molecule is Cc1ccc(C(O)CC2CCCCC2)cc1Cl. The van der Waals surface area contributed by atoms with Gasteiger partial charge >= 0.3 is 0 Å². The third-order valence-electron chi connectivity index (χ3n) is 3.86. The molecular weight excluding hydrogens is 232 g/mol. The van der Waals surface area contributed by atoms with E-state index in [-0.39, 0.29) is 6.10 Å². The number of rotatable bonds is 3. The summed E-state index contributed by atoms with van der Waals surface area (Å²) in [6.07, 6.45) is 7.10. The van der Waals surface area contributed by atoms with Crippen LogP contribution in [0, 0.1) is 12.8 Å². The average molecular weight is 253 g/mol. The number of hydrogen-bond donors (Lipinski definition) is 1. The lowest BCUT2D eigenvalue weighted by Crippen LogP contribution is -2.11. The third-order valence-corrected chi connectivity index (χ3v) is 4.27. The minimum atomic E-state index is -0.351. The second-order valence-corrected chi connectivity index (χ2v) is 5.67. The Bertz CT molecular complexity index is 369. The van der Waals surface area contributed by atoms with E-state index < -0.39 is 0 Å². The molecule has 0 saturated heterocycles. The predicted molar refractivity (Wildman–Crippen MR) is 72.3 cm³/mol. The van der Waals surface area contributed by atoms with Gasteiger partial charge in [0.1, 0.15) is 0 Å². The van der Waals surface area contributed by atoms with Crippen molar-refractivity contribution in [2.45, 2.75) is 51.6 Å². The van der Waals surface area contributed by atoms with Gasteiger partial charge in [-0.2, -0.15) is 0 Å². The van der Waals surface area contributed by atoms with E-state index in [0.29, 0.717) is 5.92 Å². The van der Waals surface area contributed by atoms with Gasteiger partial charge in [-0.05, 0) is 36.5 Å². The van der Waals surface area contributed by atoms with Crippen molar-refractivity contribution in [2.24, 2.45) is 5.92 Å². The van der Waals surface area contributed by atoms with Crippen LogP contribution in [-0.4, -0.2) is 5.11 Å². The van der Waals surface area contributed by atoms with E-state index in [9.17, 15) is 5.11 Å². The van der Waals surface area contributed by atoms with Crippen molar-refractivity contribution in [1.82, 2.24) is 0 Å². The molecule has 0 bridgehead atoms. The van der Waals surface area contributed by atoms with Gasteiger partial charge in [0, 0.05) is 5.02 Å². The lowest BCUT2D eigenvalue weighted by molar-refractivity contribution is 0.131. The number of aliphatic hydroxyl groups excluding tert-OH is 1. The van der Waals surface area contributed by atoms with Gasteiger partial charge in [0.15, 0.2) is 0 Å². The lowest BCUT2D eigenvalue weighted by Gasteiger charge is -2.24. The van der Waals surface area contributed by atoms with Crippen LogP contribution in [0.5, 0.6) is 0 Å². The van der Waals surface area contributed by atoms with Crippen molar-refractivity contribution in [3.05, 3.63) is 34.3 Å². The van der Waals surface area contributed by atoms with Gasteiger partial charge in [-0.1, -0.05) is 55.8 Å². The molecule has 1 aromatic carbocycles. The van der Waals surface area contributed by atoms with Gasteiger partial charge in [-0.25, -0.2) is 0 Å². The molecule has 1 N–H and O–H groups in total. The van der Waals surface area contributed by atoms with Crippen molar-refractivity contribution in [3.63, 3.8) is 0 Å². The van der Waals surface area contributed by atoms with Crippen LogP contribution in [0.4, 0.5) is 0 Å². The predicted octanol–water partition coefficient (Wildman–Crippen LogP) is 4.65. The molecule has 0 radical (unpaired) electrons. The normalized spacial score (nSPS) is 19.2. The Morgan fingerprint density at radius 1 is 1.29 bits per heavy atom. The first kappa shape index (κ1) is 12.9. The molecule has 1 unspecified atom stereocenters. The quantitative estimate of drug-likeness (QED) is 0.830. The molecule has 0 aromatic heterocycles. The summed E-state index contributed by atoms with van der Waals surface area (Å²) in [5, 5.41) is 11.0. The first-order valence-corrected chi connectivity index (χ1v) is 6.98. The van der Waals surface area contributed by atoms with Gasteiger partial charge in [0.2, 0.25) is 0 Å². The summed E-state index contributed by atoms with van der Waals surface area (Å²) in [6.45, 7) is 1.99. The summed E-state index contributed by atoms with van der Waals surface area (Å²) in [5.74, 6) is 0.693. The van der Waals surface area contributed by atoms with Crippen molar-refractivity contribution < 1.29 is 5.11 Å². The molecule has 17 heavy (non-hydrogen) atoms. The fourth-order valence-corrected chi connectivity index (χ4v) is 2.88. The number of aliphatic hydroxyl groups is 1. The highest BCUT2D eigenvalue weighted by atomic mass is 35.5. The Labute approximate surface area is 109 Å². The van der Waals surface area contributed by atoms with Crippen LogP contribution in [0.25, 0.3) is 0 Å². The van der Waals surface area contributed by atoms with Gasteiger partial charge in [0.25, 0.3) is 0 Å². The van der Waals surface area contributed by atoms with Gasteiger partial charge in [0.05, 0.1) is 6.10 Å². The monoisotopic (exact) mass is 252 g/mol. The van der Waals surface area contributed by atoms with Crippen molar-refractivity contribution in [3.8, 4) is 0 Å². The summed E-state index contributed by atoms with van der Waals surface area (Å²) in [4.78, 5) is 0. The maximum absolute atomic E-state index is 10.2. The summed E-state index contributed by atoms with van der Waals surface area (Å²) in [5.41, 5.74) is 2.03. The molecule has 1 aliphatic rings. The Balaban J connectivity index is 1.98. The first-order chi connectivity index (χ1) is 8.16. The highest BCUT2D eigenvalue weighted by Crippen LogP contribution is 2.32. The van der Waals surface area contributed by atoms with Crippen LogP contribution in [0.3, 0.4) is 0 Å². The van der Waals surface area contributed by atoms with Crippen LogP contribution in [0.1, 0.15) is 55.8 Å². The van der Waals surface area contributed by atoms with Crippen molar-refractivity contribution in [1.29, 1.82) is 0 Å². The van der Waals surface area contributed by atoms with Crippen LogP contribution in [0.15, 0.2) is 18.2 Å². The van der Waals surface area contributed by atoms with Gasteiger partial charge in [-0.3, -0.25) is 0 Å². The zero-order valence-electron chi connectivity index (χ0n) is 10.5. The van der Waals surface area contributed by atoms with Gasteiger partial charge in [-0.15, -0.1) is 0 Å². The number of aryl methyl sites for hydroxylation is 1. The largest absolute Gasteiger partial charge is 0.388 e. The highest BCUT2D eigenvalue weighted by molar-refractivity contribution is 6.31. The number of hydrogen-bond acceptors (Lipinski definition) is 1. The minimum Gasteiger partial charge on any atom is -0.388 e. The van der Waals surface area contributed by atoms with E-state index in [1.54, 1.807) is 0 Å². The molecule has 1 aromatic rings. The summed E-state index contributed by atoms with van der Waals surface area (Å²) < 4.78 is 0. The van der Waals surface area contributed by atoms with E-state index in [4.69, 9.17) is 11.6 Å². The maximum atomic E-state index is 10.2. The molecule has 94 valence electrons. The lowest BCUT2D eigenvalue weighted by atomic mass is 9.84. The Kier molecular flexibility index (Phi) is 4.47. The van der Waals surface area contributed by atoms with E-state index in [2.05, 4.69) is 0 Å². The van der Waals surface area contributed by atoms with E-state index in [1.807, 2.05) is 25.1 Å². The Morgan fingerprint density at radius 2 is 2.00 bits per heavy atom. The molecule has 0 spiro atoms. The minimum absolute atomic E-state index is 0.351. The van der Waals surface area contributed by atoms with E-state index in [0.717, 1.165) is 22.6 Å². The molecule has 1 fully saturated rings. The van der Waals surface area contributed by atoms with E-state index in [1.165, 1.54) is 32.1 Å². The molecule has 1 aliphatic carbocycles. The van der Waals surface area contributed by atoms with Crippen LogP contribution in [-0.2, 0) is 0 Å². The van der Waals surface area contributed by atoms with Crippen LogP contribution in [0.2, 0.25) is 5.02 Å². The molecule has 2 heteroatoms. The van der Waals surface area contributed by atoms with Crippen molar-refractivity contribution >= 4 is 11.6 Å². The number of benzene rings is 1. The van der Waals surface area contributed by atoms with Crippen LogP contribution < -0.4 is 0 Å². The maximum Gasteiger partial charge on any atom is 0.0793 e. The number of halogens is 1. The second-order valence-electron chi connectivity index (χ2n) is 5.26. The molecule has 0 amide bonds. The molecule has 1 atom stereocenters. The summed E-state index contributed by atoms with van der Waals surface area (Å²) in [6, 6.07) is 5.89. The smallest absolute Gasteiger partial charge is 0.0793 e. The third kappa shape index (κ3) is 3.46. The van der Waals surface area contributed by atoms with Crippen LogP contribution >= 0.6 is 11.6 Å². The fourth-order valence-electron chi connectivity index (χ4n) is 2.69. The van der Waals surface area contributed by atoms with Gasteiger partial charge < -0.3 is 5.11 Å². The molecule has 1 saturated carbocycles. The molecule has 2 rings (SSSR count). The zero-order chi connectivity index (χ0) is 12.3. The molecule has 1 nitrogen and oxygen atoms in total. The second kappa shape index (κ2) is 5.88. The fraction of sp³-hybridized carbons (Fsp3) is 0.600. The Hall–Kier alpha value is -0.530. The van der Waals surface area contributed by atoms with E-state index >= 15 is 0 Å². The highest BCUT2D eigenvalue weighted by Gasteiger charge is 2.18.